The first kappa shape index (κ1) is 20.1. The maximum atomic E-state index is 11.9. The molecule has 0 fully saturated rings. The number of benzene rings is 2. The average Bonchev–Trinajstić information content (AvgIpc) is 2.63. The van der Waals surface area contributed by atoms with Crippen LogP contribution in [0.3, 0.4) is 0 Å². The summed E-state index contributed by atoms with van der Waals surface area (Å²) in [5.74, 6) is -0.260. The third kappa shape index (κ3) is 5.66. The molecule has 0 saturated heterocycles. The second kappa shape index (κ2) is 8.97. The SMILES string of the molecule is COc1ccc(/C=C/C(=O)NC(=S)Nc2cc([N+](=O)[O-])cc(Cl)c2O)cc1. The fraction of sp³-hybridized carbons (Fsp3) is 0.0588. The Labute approximate surface area is 164 Å². The van der Waals surface area contributed by atoms with Gasteiger partial charge in [-0.25, -0.2) is 0 Å². The second-order valence-electron chi connectivity index (χ2n) is 5.13. The molecule has 0 aliphatic rings. The van der Waals surface area contributed by atoms with E-state index in [4.69, 9.17) is 28.6 Å². The van der Waals surface area contributed by atoms with Crippen LogP contribution in [-0.2, 0) is 4.79 Å². The lowest BCUT2D eigenvalue weighted by Crippen LogP contribution is -2.32. The molecule has 3 N–H and O–H groups in total. The smallest absolute Gasteiger partial charge is 0.273 e. The number of nitro benzene ring substituents is 1. The topological polar surface area (TPSA) is 114 Å². The fourth-order valence-electron chi connectivity index (χ4n) is 1.98. The van der Waals surface area contributed by atoms with Crippen molar-refractivity contribution >= 4 is 52.3 Å². The molecular weight excluding hydrogens is 394 g/mol. The Balaban J connectivity index is 2.01. The third-order valence-corrected chi connectivity index (χ3v) is 3.78. The van der Waals surface area contributed by atoms with Gasteiger partial charge in [-0.1, -0.05) is 23.7 Å². The van der Waals surface area contributed by atoms with Crippen molar-refractivity contribution in [2.75, 3.05) is 12.4 Å². The van der Waals surface area contributed by atoms with Gasteiger partial charge in [-0.05, 0) is 36.0 Å². The van der Waals surface area contributed by atoms with Gasteiger partial charge in [-0.2, -0.15) is 0 Å². The Bertz CT molecular complexity index is 916. The molecule has 0 bridgehead atoms. The number of non-ortho nitro benzene ring substituents is 1. The highest BCUT2D eigenvalue weighted by Crippen LogP contribution is 2.35. The van der Waals surface area contributed by atoms with Crippen molar-refractivity contribution in [1.29, 1.82) is 0 Å². The molecule has 0 aromatic heterocycles. The maximum absolute atomic E-state index is 11.9. The van der Waals surface area contributed by atoms with Crippen LogP contribution in [-0.4, -0.2) is 28.2 Å². The van der Waals surface area contributed by atoms with Gasteiger partial charge in [0.15, 0.2) is 10.9 Å². The first-order chi connectivity index (χ1) is 12.8. The van der Waals surface area contributed by atoms with Crippen molar-refractivity contribution in [3.8, 4) is 11.5 Å². The monoisotopic (exact) mass is 407 g/mol. The molecule has 0 radical (unpaired) electrons. The summed E-state index contributed by atoms with van der Waals surface area (Å²) in [5, 5.41) is 25.2. The fourth-order valence-corrected chi connectivity index (χ4v) is 2.40. The van der Waals surface area contributed by atoms with Crippen LogP contribution in [0.5, 0.6) is 11.5 Å². The van der Waals surface area contributed by atoms with E-state index in [9.17, 15) is 20.0 Å². The summed E-state index contributed by atoms with van der Waals surface area (Å²) in [4.78, 5) is 22.1. The number of hydrogen-bond donors (Lipinski definition) is 3. The number of halogens is 1. The number of anilines is 1. The van der Waals surface area contributed by atoms with Crippen LogP contribution >= 0.6 is 23.8 Å². The van der Waals surface area contributed by atoms with E-state index < -0.39 is 16.6 Å². The summed E-state index contributed by atoms with van der Waals surface area (Å²) >= 11 is 10.7. The van der Waals surface area contributed by atoms with E-state index >= 15 is 0 Å². The molecule has 27 heavy (non-hydrogen) atoms. The summed E-state index contributed by atoms with van der Waals surface area (Å²) < 4.78 is 5.04. The maximum Gasteiger partial charge on any atom is 0.273 e. The minimum absolute atomic E-state index is 0.0985. The molecule has 8 nitrogen and oxygen atoms in total. The predicted molar refractivity (Wildman–Crippen MR) is 106 cm³/mol. The van der Waals surface area contributed by atoms with E-state index in [0.29, 0.717) is 5.75 Å². The number of hydrogen-bond acceptors (Lipinski definition) is 6. The Morgan fingerprint density at radius 1 is 1.33 bits per heavy atom. The highest BCUT2D eigenvalue weighted by atomic mass is 35.5. The lowest BCUT2D eigenvalue weighted by atomic mass is 10.2. The first-order valence-electron chi connectivity index (χ1n) is 7.41. The van der Waals surface area contributed by atoms with Crippen molar-refractivity contribution in [2.45, 2.75) is 0 Å². The van der Waals surface area contributed by atoms with Crippen LogP contribution in [0.1, 0.15) is 5.56 Å². The van der Waals surface area contributed by atoms with Gasteiger partial charge in [0, 0.05) is 18.2 Å². The zero-order valence-electron chi connectivity index (χ0n) is 13.9. The Hall–Kier alpha value is -3.17. The van der Waals surface area contributed by atoms with Gasteiger partial charge in [0.1, 0.15) is 5.75 Å². The molecule has 0 saturated carbocycles. The van der Waals surface area contributed by atoms with E-state index in [2.05, 4.69) is 10.6 Å². The molecule has 0 unspecified atom stereocenters. The van der Waals surface area contributed by atoms with Gasteiger partial charge in [0.05, 0.1) is 22.7 Å². The highest BCUT2D eigenvalue weighted by molar-refractivity contribution is 7.80. The average molecular weight is 408 g/mol. The van der Waals surface area contributed by atoms with Gasteiger partial charge in [-0.3, -0.25) is 20.2 Å². The zero-order chi connectivity index (χ0) is 20.0. The van der Waals surface area contributed by atoms with E-state index in [1.807, 2.05) is 0 Å². The Morgan fingerprint density at radius 3 is 2.59 bits per heavy atom. The number of nitro groups is 1. The number of carbonyl (C=O) groups excluding carboxylic acids is 1. The summed E-state index contributed by atoms with van der Waals surface area (Å²) in [6.07, 6.45) is 2.83. The molecule has 2 rings (SSSR count). The molecule has 0 spiro atoms. The lowest BCUT2D eigenvalue weighted by Gasteiger charge is -2.10. The number of ether oxygens (including phenoxy) is 1. The van der Waals surface area contributed by atoms with Crippen molar-refractivity contribution in [3.05, 3.63) is 63.2 Å². The number of phenols is 1. The molecule has 0 aliphatic heterocycles. The normalized spacial score (nSPS) is 10.4. The van der Waals surface area contributed by atoms with E-state index in [1.54, 1.807) is 37.5 Å². The van der Waals surface area contributed by atoms with Crippen LogP contribution in [0.15, 0.2) is 42.5 Å². The quantitative estimate of drug-likeness (QED) is 0.228. The number of rotatable bonds is 5. The first-order valence-corrected chi connectivity index (χ1v) is 8.19. The molecule has 1 amide bonds. The van der Waals surface area contributed by atoms with Crippen LogP contribution in [0.25, 0.3) is 6.08 Å². The van der Waals surface area contributed by atoms with E-state index in [-0.39, 0.29) is 21.5 Å². The number of carbonyl (C=O) groups is 1. The van der Waals surface area contributed by atoms with Crippen LogP contribution in [0.4, 0.5) is 11.4 Å². The largest absolute Gasteiger partial charge is 0.504 e. The number of amides is 1. The molecule has 0 atom stereocenters. The van der Waals surface area contributed by atoms with Gasteiger partial charge in [-0.15, -0.1) is 0 Å². The van der Waals surface area contributed by atoms with Gasteiger partial charge in [0.25, 0.3) is 5.69 Å². The third-order valence-electron chi connectivity index (χ3n) is 3.29. The summed E-state index contributed by atoms with van der Waals surface area (Å²) in [6.45, 7) is 0. The Kier molecular flexibility index (Phi) is 6.69. The second-order valence-corrected chi connectivity index (χ2v) is 5.95. The van der Waals surface area contributed by atoms with Crippen molar-refractivity contribution in [2.24, 2.45) is 0 Å². The highest BCUT2D eigenvalue weighted by Gasteiger charge is 2.16. The van der Waals surface area contributed by atoms with Crippen LogP contribution in [0.2, 0.25) is 5.02 Å². The van der Waals surface area contributed by atoms with E-state index in [1.165, 1.54) is 6.08 Å². The molecule has 140 valence electrons. The van der Waals surface area contributed by atoms with Crippen LogP contribution in [0, 0.1) is 10.1 Å². The number of nitrogens with zero attached hydrogens (tertiary/aromatic N) is 1. The van der Waals surface area contributed by atoms with E-state index in [0.717, 1.165) is 17.7 Å². The summed E-state index contributed by atoms with van der Waals surface area (Å²) in [5.41, 5.74) is 0.334. The van der Waals surface area contributed by atoms with Gasteiger partial charge < -0.3 is 15.2 Å². The number of phenolic OH excluding ortho intramolecular Hbond substituents is 1. The number of aromatic hydroxyl groups is 1. The van der Waals surface area contributed by atoms with Crippen molar-refractivity contribution in [3.63, 3.8) is 0 Å². The zero-order valence-corrected chi connectivity index (χ0v) is 15.5. The van der Waals surface area contributed by atoms with Gasteiger partial charge in [0.2, 0.25) is 5.91 Å². The molecule has 0 aliphatic carbocycles. The molecule has 2 aromatic carbocycles. The van der Waals surface area contributed by atoms with Crippen LogP contribution < -0.4 is 15.4 Å². The van der Waals surface area contributed by atoms with Crippen molar-refractivity contribution in [1.82, 2.24) is 5.32 Å². The summed E-state index contributed by atoms with van der Waals surface area (Å²) in [6, 6.07) is 9.08. The van der Waals surface area contributed by atoms with Gasteiger partial charge >= 0.3 is 0 Å². The number of thiocarbonyl (C=S) groups is 1. The Morgan fingerprint density at radius 2 is 2.00 bits per heavy atom. The summed E-state index contributed by atoms with van der Waals surface area (Å²) in [7, 11) is 1.55. The molecular formula is C17H14ClN3O5S. The minimum atomic E-state index is -0.671. The number of methoxy groups -OCH3 is 1. The predicted octanol–water partition coefficient (Wildman–Crippen LogP) is 3.49. The molecule has 0 heterocycles. The van der Waals surface area contributed by atoms with Crippen molar-refractivity contribution < 1.29 is 19.6 Å². The lowest BCUT2D eigenvalue weighted by molar-refractivity contribution is -0.384. The minimum Gasteiger partial charge on any atom is -0.504 e. The molecule has 10 heteroatoms. The standard InChI is InChI=1S/C17H14ClN3O5S/c1-26-12-5-2-10(3-6-12)4-7-15(22)20-17(27)19-14-9-11(21(24)25)8-13(18)16(14)23/h2-9,23H,1H3,(H2,19,20,22,27)/b7-4+. The molecule has 2 aromatic rings. The number of nitrogens with one attached hydrogen (secondary N) is 2.